The molecule has 0 amide bonds. The summed E-state index contributed by atoms with van der Waals surface area (Å²) >= 11 is 0. The van der Waals surface area contributed by atoms with Crippen molar-refractivity contribution in [3.8, 4) is 0 Å². The molecule has 2 N–H and O–H groups in total. The number of rotatable bonds is 3. The quantitative estimate of drug-likeness (QED) is 0.824. The van der Waals surface area contributed by atoms with Gasteiger partial charge in [-0.3, -0.25) is 0 Å². The van der Waals surface area contributed by atoms with Crippen LogP contribution in [0.25, 0.3) is 0 Å². The van der Waals surface area contributed by atoms with Gasteiger partial charge in [0.2, 0.25) is 0 Å². The van der Waals surface area contributed by atoms with Crippen molar-refractivity contribution in [2.24, 2.45) is 11.7 Å². The topological polar surface area (TPSA) is 39.2 Å². The maximum atomic E-state index is 6.24. The van der Waals surface area contributed by atoms with Crippen molar-refractivity contribution in [2.75, 3.05) is 0 Å². The number of hydrogen-bond acceptors (Lipinski definition) is 2. The first kappa shape index (κ1) is 10.7. The highest BCUT2D eigenvalue weighted by Crippen LogP contribution is 2.33. The smallest absolute Gasteiger partial charge is 0.121 e. The van der Waals surface area contributed by atoms with Crippen molar-refractivity contribution >= 4 is 0 Å². The highest BCUT2D eigenvalue weighted by atomic mass is 16.3. The van der Waals surface area contributed by atoms with Crippen LogP contribution in [0, 0.1) is 5.92 Å². The van der Waals surface area contributed by atoms with E-state index in [-0.39, 0.29) is 6.04 Å². The Morgan fingerprint density at radius 2 is 2.07 bits per heavy atom. The molecule has 1 aliphatic rings. The van der Waals surface area contributed by atoms with E-state index < -0.39 is 0 Å². The van der Waals surface area contributed by atoms with E-state index in [1.165, 1.54) is 32.1 Å². The second-order valence-electron chi connectivity index (χ2n) is 4.58. The third kappa shape index (κ3) is 2.43. The molecule has 84 valence electrons. The Morgan fingerprint density at radius 1 is 1.33 bits per heavy atom. The van der Waals surface area contributed by atoms with Gasteiger partial charge in [-0.1, -0.05) is 26.2 Å². The maximum absolute atomic E-state index is 6.24. The molecule has 1 aliphatic carbocycles. The van der Waals surface area contributed by atoms with Crippen LogP contribution < -0.4 is 5.73 Å². The lowest BCUT2D eigenvalue weighted by Gasteiger charge is -2.26. The van der Waals surface area contributed by atoms with Crippen LogP contribution in [0.1, 0.15) is 56.6 Å². The van der Waals surface area contributed by atoms with Crippen LogP contribution in [-0.4, -0.2) is 0 Å². The molecule has 0 saturated heterocycles. The SMILES string of the molecule is CCc1ccc(C(N)C2CCCCC2)o1. The maximum Gasteiger partial charge on any atom is 0.121 e. The van der Waals surface area contributed by atoms with E-state index in [2.05, 4.69) is 19.1 Å². The van der Waals surface area contributed by atoms with Crippen molar-refractivity contribution in [3.63, 3.8) is 0 Å². The zero-order valence-electron chi connectivity index (χ0n) is 9.54. The zero-order valence-corrected chi connectivity index (χ0v) is 9.54. The van der Waals surface area contributed by atoms with Gasteiger partial charge in [0.05, 0.1) is 6.04 Å². The average Bonchev–Trinajstić information content (AvgIpc) is 2.78. The summed E-state index contributed by atoms with van der Waals surface area (Å²) in [4.78, 5) is 0. The lowest BCUT2D eigenvalue weighted by Crippen LogP contribution is -2.23. The van der Waals surface area contributed by atoms with E-state index in [9.17, 15) is 0 Å². The molecule has 1 heterocycles. The van der Waals surface area contributed by atoms with Gasteiger partial charge in [-0.25, -0.2) is 0 Å². The minimum Gasteiger partial charge on any atom is -0.464 e. The van der Waals surface area contributed by atoms with Gasteiger partial charge in [0.15, 0.2) is 0 Å². The zero-order chi connectivity index (χ0) is 10.7. The Morgan fingerprint density at radius 3 is 2.67 bits per heavy atom. The minimum atomic E-state index is 0.116. The van der Waals surface area contributed by atoms with E-state index in [1.807, 2.05) is 0 Å². The van der Waals surface area contributed by atoms with Crippen molar-refractivity contribution in [1.82, 2.24) is 0 Å². The van der Waals surface area contributed by atoms with Crippen LogP contribution in [0.15, 0.2) is 16.5 Å². The van der Waals surface area contributed by atoms with E-state index >= 15 is 0 Å². The van der Waals surface area contributed by atoms with Crippen LogP contribution in [0.2, 0.25) is 0 Å². The standard InChI is InChI=1S/C13H21NO/c1-2-11-8-9-12(15-11)13(14)10-6-4-3-5-7-10/h8-10,13H,2-7,14H2,1H3. The molecule has 2 rings (SSSR count). The molecular formula is C13H21NO. The lowest BCUT2D eigenvalue weighted by molar-refractivity contribution is 0.277. The number of furan rings is 1. The van der Waals surface area contributed by atoms with Crippen LogP contribution in [0.3, 0.4) is 0 Å². The highest BCUT2D eigenvalue weighted by Gasteiger charge is 2.23. The second-order valence-corrected chi connectivity index (χ2v) is 4.58. The fourth-order valence-corrected chi connectivity index (χ4v) is 2.49. The predicted molar refractivity (Wildman–Crippen MR) is 61.6 cm³/mol. The second kappa shape index (κ2) is 4.84. The molecule has 1 aromatic heterocycles. The van der Waals surface area contributed by atoms with E-state index in [4.69, 9.17) is 10.2 Å². The Labute approximate surface area is 91.8 Å². The fourth-order valence-electron chi connectivity index (χ4n) is 2.49. The molecule has 1 saturated carbocycles. The third-order valence-corrected chi connectivity index (χ3v) is 3.52. The Balaban J connectivity index is 2.02. The summed E-state index contributed by atoms with van der Waals surface area (Å²) in [6.45, 7) is 2.11. The molecule has 0 aliphatic heterocycles. The molecule has 0 aromatic carbocycles. The lowest BCUT2D eigenvalue weighted by atomic mass is 9.83. The first-order valence-electron chi connectivity index (χ1n) is 6.15. The number of nitrogens with two attached hydrogens (primary N) is 1. The molecule has 2 heteroatoms. The largest absolute Gasteiger partial charge is 0.464 e. The molecule has 1 unspecified atom stereocenters. The fraction of sp³-hybridized carbons (Fsp3) is 0.692. The molecule has 1 aromatic rings. The molecule has 2 nitrogen and oxygen atoms in total. The number of aryl methyl sites for hydroxylation is 1. The molecular weight excluding hydrogens is 186 g/mol. The Hall–Kier alpha value is -0.760. The Kier molecular flexibility index (Phi) is 3.47. The van der Waals surface area contributed by atoms with Gasteiger partial charge >= 0.3 is 0 Å². The van der Waals surface area contributed by atoms with E-state index in [1.54, 1.807) is 0 Å². The summed E-state index contributed by atoms with van der Waals surface area (Å²) < 4.78 is 5.72. The van der Waals surface area contributed by atoms with Gasteiger partial charge in [0, 0.05) is 6.42 Å². The summed E-state index contributed by atoms with van der Waals surface area (Å²) in [5, 5.41) is 0. The average molecular weight is 207 g/mol. The minimum absolute atomic E-state index is 0.116. The normalized spacial score (nSPS) is 20.4. The van der Waals surface area contributed by atoms with E-state index in [0.29, 0.717) is 5.92 Å². The summed E-state index contributed by atoms with van der Waals surface area (Å²) in [5.41, 5.74) is 6.24. The molecule has 15 heavy (non-hydrogen) atoms. The van der Waals surface area contributed by atoms with Gasteiger partial charge < -0.3 is 10.2 Å². The van der Waals surface area contributed by atoms with Gasteiger partial charge in [-0.2, -0.15) is 0 Å². The van der Waals surface area contributed by atoms with Gasteiger partial charge in [-0.15, -0.1) is 0 Å². The summed E-state index contributed by atoms with van der Waals surface area (Å²) in [6.07, 6.45) is 7.53. The molecule has 0 spiro atoms. The van der Waals surface area contributed by atoms with Crippen molar-refractivity contribution in [3.05, 3.63) is 23.7 Å². The Bertz CT molecular complexity index is 299. The molecule has 1 fully saturated rings. The molecule has 0 radical (unpaired) electrons. The monoisotopic (exact) mass is 207 g/mol. The van der Waals surface area contributed by atoms with Crippen molar-refractivity contribution < 1.29 is 4.42 Å². The van der Waals surface area contributed by atoms with Crippen LogP contribution in [0.5, 0.6) is 0 Å². The molecule has 0 bridgehead atoms. The van der Waals surface area contributed by atoms with Crippen LogP contribution in [0.4, 0.5) is 0 Å². The van der Waals surface area contributed by atoms with Gasteiger partial charge in [0.25, 0.3) is 0 Å². The third-order valence-electron chi connectivity index (χ3n) is 3.52. The first-order valence-corrected chi connectivity index (χ1v) is 6.15. The predicted octanol–water partition coefficient (Wildman–Crippen LogP) is 3.42. The number of hydrogen-bond donors (Lipinski definition) is 1. The van der Waals surface area contributed by atoms with Crippen molar-refractivity contribution in [2.45, 2.75) is 51.5 Å². The summed E-state index contributed by atoms with van der Waals surface area (Å²) in [6, 6.07) is 4.22. The first-order chi connectivity index (χ1) is 7.31. The van der Waals surface area contributed by atoms with Gasteiger partial charge in [0.1, 0.15) is 11.5 Å². The highest BCUT2D eigenvalue weighted by molar-refractivity contribution is 5.11. The van der Waals surface area contributed by atoms with Crippen molar-refractivity contribution in [1.29, 1.82) is 0 Å². The van der Waals surface area contributed by atoms with Gasteiger partial charge in [-0.05, 0) is 30.9 Å². The molecule has 1 atom stereocenters. The van der Waals surface area contributed by atoms with E-state index in [0.717, 1.165) is 17.9 Å². The van der Waals surface area contributed by atoms with Crippen LogP contribution >= 0.6 is 0 Å². The van der Waals surface area contributed by atoms with Crippen LogP contribution in [-0.2, 0) is 6.42 Å². The summed E-state index contributed by atoms with van der Waals surface area (Å²) in [5.74, 6) is 2.67. The summed E-state index contributed by atoms with van der Waals surface area (Å²) in [7, 11) is 0.